The number of unbranched alkanes of at least 4 members (excludes halogenated alkanes) is 12. The number of rotatable bonds is 38. The number of hydrogen-bond acceptors (Lipinski definition) is 9. The van der Waals surface area contributed by atoms with Crippen molar-refractivity contribution in [2.75, 3.05) is 19.8 Å². The van der Waals surface area contributed by atoms with E-state index in [-0.39, 0.29) is 12.8 Å². The highest BCUT2D eigenvalue weighted by molar-refractivity contribution is 7.47. The van der Waals surface area contributed by atoms with Gasteiger partial charge in [0.15, 0.2) is 6.10 Å². The van der Waals surface area contributed by atoms with Crippen molar-refractivity contribution in [1.29, 1.82) is 0 Å². The number of carbonyl (C=O) groups excluding carboxylic acids is 2. The number of carboxylic acid groups (broad SMARTS) is 1. The van der Waals surface area contributed by atoms with Gasteiger partial charge < -0.3 is 25.2 Å². The van der Waals surface area contributed by atoms with Gasteiger partial charge in [-0.2, -0.15) is 0 Å². The van der Waals surface area contributed by atoms with Crippen LogP contribution in [0.2, 0.25) is 0 Å². The topological polar surface area (TPSA) is 172 Å². The number of phosphoric acid groups is 1. The molecule has 0 amide bonds. The molecule has 0 aromatic carbocycles. The van der Waals surface area contributed by atoms with Gasteiger partial charge in [-0.3, -0.25) is 23.4 Å². The number of carboxylic acids is 1. The fraction of sp³-hybridized carbons (Fsp3) is 0.659. The maximum Gasteiger partial charge on any atom is 0.472 e. The molecular weight excluding hydrogens is 733 g/mol. The first-order valence-electron chi connectivity index (χ1n) is 21.0. The van der Waals surface area contributed by atoms with E-state index in [4.69, 9.17) is 24.8 Å². The molecule has 0 rings (SSSR count). The van der Waals surface area contributed by atoms with Crippen LogP contribution in [-0.4, -0.2) is 59.9 Å². The molecular formula is C44H74NO10P. The molecule has 11 nitrogen and oxygen atoms in total. The van der Waals surface area contributed by atoms with Crippen molar-refractivity contribution in [3.05, 3.63) is 72.9 Å². The van der Waals surface area contributed by atoms with Gasteiger partial charge >= 0.3 is 25.7 Å². The largest absolute Gasteiger partial charge is 0.480 e. The van der Waals surface area contributed by atoms with Gasteiger partial charge in [-0.25, -0.2) is 4.57 Å². The van der Waals surface area contributed by atoms with Gasteiger partial charge in [0.05, 0.1) is 13.2 Å². The Balaban J connectivity index is 4.53. The predicted octanol–water partition coefficient (Wildman–Crippen LogP) is 10.9. The molecule has 56 heavy (non-hydrogen) atoms. The summed E-state index contributed by atoms with van der Waals surface area (Å²) in [7, 11) is -4.74. The number of phosphoric ester groups is 1. The van der Waals surface area contributed by atoms with Gasteiger partial charge in [0.2, 0.25) is 0 Å². The second-order valence-corrected chi connectivity index (χ2v) is 15.2. The van der Waals surface area contributed by atoms with E-state index >= 15 is 0 Å². The fourth-order valence-corrected chi connectivity index (χ4v) is 5.95. The molecule has 0 aliphatic heterocycles. The lowest BCUT2D eigenvalue weighted by molar-refractivity contribution is -0.161. The van der Waals surface area contributed by atoms with Gasteiger partial charge in [0.1, 0.15) is 12.6 Å². The normalized spacial score (nSPS) is 14.5. The molecule has 0 aromatic rings. The Morgan fingerprint density at radius 3 is 1.59 bits per heavy atom. The van der Waals surface area contributed by atoms with Gasteiger partial charge in [-0.05, 0) is 64.2 Å². The molecule has 0 fully saturated rings. The first kappa shape index (κ1) is 52.9. The van der Waals surface area contributed by atoms with Crippen LogP contribution in [0.1, 0.15) is 155 Å². The van der Waals surface area contributed by atoms with Crippen LogP contribution in [-0.2, 0) is 37.5 Å². The van der Waals surface area contributed by atoms with Gasteiger partial charge in [0, 0.05) is 12.8 Å². The number of aliphatic carboxylic acids is 1. The number of hydrogen-bond donors (Lipinski definition) is 3. The molecule has 0 bridgehead atoms. The van der Waals surface area contributed by atoms with Crippen molar-refractivity contribution in [2.24, 2.45) is 5.73 Å². The Hall–Kier alpha value is -3.08. The average Bonchev–Trinajstić information content (AvgIpc) is 3.17. The molecule has 0 spiro atoms. The van der Waals surface area contributed by atoms with E-state index < -0.39 is 57.7 Å². The second kappa shape index (κ2) is 38.8. The zero-order chi connectivity index (χ0) is 41.4. The highest BCUT2D eigenvalue weighted by atomic mass is 31.2. The molecule has 0 radical (unpaired) electrons. The van der Waals surface area contributed by atoms with Crippen LogP contribution < -0.4 is 5.73 Å². The second-order valence-electron chi connectivity index (χ2n) is 13.7. The number of nitrogens with two attached hydrogens (primary N) is 1. The first-order chi connectivity index (χ1) is 27.1. The first-order valence-corrected chi connectivity index (χ1v) is 22.5. The molecule has 3 atom stereocenters. The maximum absolute atomic E-state index is 12.6. The molecule has 12 heteroatoms. The Morgan fingerprint density at radius 1 is 0.571 bits per heavy atom. The summed E-state index contributed by atoms with van der Waals surface area (Å²) in [6.45, 7) is 2.58. The monoisotopic (exact) mass is 808 g/mol. The van der Waals surface area contributed by atoms with E-state index in [0.29, 0.717) is 19.3 Å². The molecule has 1 unspecified atom stereocenters. The van der Waals surface area contributed by atoms with Gasteiger partial charge in [-0.1, -0.05) is 151 Å². The quantitative estimate of drug-likeness (QED) is 0.0235. The third kappa shape index (κ3) is 37.8. The van der Waals surface area contributed by atoms with E-state index in [1.54, 1.807) is 0 Å². The van der Waals surface area contributed by atoms with Crippen molar-refractivity contribution in [2.45, 2.75) is 167 Å². The maximum atomic E-state index is 12.6. The minimum atomic E-state index is -4.74. The average molecular weight is 808 g/mol. The molecule has 0 aliphatic carbocycles. The standard InChI is InChI=1S/C44H74NO10P/c1-3-5-7-9-11-13-15-17-19-20-22-23-25-27-29-31-33-35-42(46)52-37-40(38-53-56(50,51)54-39-41(45)44(48)49)55-43(47)36-34-32-30-28-26-24-21-18-16-14-12-10-8-6-4-2/h5,7,11,13,17,19,22-23,27,29-30,32,40-41H,3-4,6,8-10,12,14-16,18,20-21,24-26,28,31,33-39,45H2,1-2H3,(H,48,49)(H,50,51)/b7-5+,13-11+,19-17+,23-22+,29-27+,32-30+/t40-,41+/m1/s1. The summed E-state index contributed by atoms with van der Waals surface area (Å²) in [5.41, 5.74) is 5.32. The SMILES string of the molecule is CC/C=C/C/C=C/C/C=C/C/C=C/C/C=C/CCCC(=O)OC[C@H](COP(=O)(O)OC[C@H](N)C(=O)O)OC(=O)CC/C=C/CCCCCCCCCCCCC. The van der Waals surface area contributed by atoms with Crippen LogP contribution in [0.4, 0.5) is 0 Å². The van der Waals surface area contributed by atoms with E-state index in [1.807, 2.05) is 18.2 Å². The van der Waals surface area contributed by atoms with Crippen LogP contribution in [0.5, 0.6) is 0 Å². The summed E-state index contributed by atoms with van der Waals surface area (Å²) >= 11 is 0. The lowest BCUT2D eigenvalue weighted by Gasteiger charge is -2.20. The van der Waals surface area contributed by atoms with Crippen LogP contribution in [0.15, 0.2) is 72.9 Å². The molecule has 0 aromatic heterocycles. The molecule has 4 N–H and O–H groups in total. The summed E-state index contributed by atoms with van der Waals surface area (Å²) in [5.74, 6) is -2.52. The summed E-state index contributed by atoms with van der Waals surface area (Å²) in [6, 6.07) is -1.54. The summed E-state index contributed by atoms with van der Waals surface area (Å²) < 4.78 is 32.5. The van der Waals surface area contributed by atoms with Crippen molar-refractivity contribution >= 4 is 25.7 Å². The molecule has 320 valence electrons. The minimum Gasteiger partial charge on any atom is -0.480 e. The Bertz CT molecular complexity index is 1230. The summed E-state index contributed by atoms with van der Waals surface area (Å²) in [6.07, 6.45) is 45.6. The number of ether oxygens (including phenoxy) is 2. The van der Waals surface area contributed by atoms with Crippen LogP contribution in [0, 0.1) is 0 Å². The zero-order valence-electron chi connectivity index (χ0n) is 34.4. The molecule has 0 saturated carbocycles. The summed E-state index contributed by atoms with van der Waals surface area (Å²) in [5, 5.41) is 8.88. The van der Waals surface area contributed by atoms with Crippen molar-refractivity contribution in [3.63, 3.8) is 0 Å². The van der Waals surface area contributed by atoms with Gasteiger partial charge in [0.25, 0.3) is 0 Å². The highest BCUT2D eigenvalue weighted by Gasteiger charge is 2.28. The smallest absolute Gasteiger partial charge is 0.472 e. The number of allylic oxidation sites excluding steroid dienone is 12. The number of carbonyl (C=O) groups is 3. The van der Waals surface area contributed by atoms with Gasteiger partial charge in [-0.15, -0.1) is 0 Å². The highest BCUT2D eigenvalue weighted by Crippen LogP contribution is 2.43. The zero-order valence-corrected chi connectivity index (χ0v) is 35.3. The number of esters is 2. The third-order valence-corrected chi connectivity index (χ3v) is 9.40. The third-order valence-electron chi connectivity index (χ3n) is 8.45. The van der Waals surface area contributed by atoms with Crippen molar-refractivity contribution in [3.8, 4) is 0 Å². The lowest BCUT2D eigenvalue weighted by Crippen LogP contribution is -2.34. The van der Waals surface area contributed by atoms with Crippen LogP contribution in [0.25, 0.3) is 0 Å². The molecule has 0 aliphatic rings. The van der Waals surface area contributed by atoms with Crippen LogP contribution in [0.3, 0.4) is 0 Å². The molecule has 0 saturated heterocycles. The summed E-state index contributed by atoms with van der Waals surface area (Å²) in [4.78, 5) is 45.8. The van der Waals surface area contributed by atoms with Crippen molar-refractivity contribution in [1.82, 2.24) is 0 Å². The fourth-order valence-electron chi connectivity index (χ4n) is 5.18. The van der Waals surface area contributed by atoms with Crippen LogP contribution >= 0.6 is 7.82 Å². The Labute approximate surface area is 338 Å². The minimum absolute atomic E-state index is 0.0627. The Morgan fingerprint density at radius 2 is 1.04 bits per heavy atom. The molecule has 0 heterocycles. The Kier molecular flexibility index (Phi) is 36.6. The lowest BCUT2D eigenvalue weighted by atomic mass is 10.1. The van der Waals surface area contributed by atoms with E-state index in [2.05, 4.69) is 73.1 Å². The van der Waals surface area contributed by atoms with E-state index in [0.717, 1.165) is 44.9 Å². The van der Waals surface area contributed by atoms with E-state index in [9.17, 15) is 23.8 Å². The van der Waals surface area contributed by atoms with E-state index in [1.165, 1.54) is 64.2 Å². The predicted molar refractivity (Wildman–Crippen MR) is 226 cm³/mol. The van der Waals surface area contributed by atoms with Crippen molar-refractivity contribution < 1.29 is 47.5 Å².